The quantitative estimate of drug-likeness (QED) is 0.600. The number of nitrogens with zero attached hydrogens (tertiary/aromatic N) is 4. The van der Waals surface area contributed by atoms with Crippen LogP contribution >= 0.6 is 0 Å². The molecule has 1 fully saturated rings. The van der Waals surface area contributed by atoms with Crippen LogP contribution in [-0.4, -0.2) is 29.0 Å². The number of pyridine rings is 2. The van der Waals surface area contributed by atoms with E-state index in [2.05, 4.69) is 33.7 Å². The molecule has 3 N–H and O–H groups in total. The number of piperidine rings is 1. The summed E-state index contributed by atoms with van der Waals surface area (Å²) < 4.78 is 28.4. The SMILES string of the molecule is C#N.CC1CCN(c2ccncc2NC(=O)c2nc(-c3c(F)cccc3F)ccc2N)CC1. The van der Waals surface area contributed by atoms with Crippen LogP contribution < -0.4 is 16.0 Å². The normalized spacial score (nSPS) is 13.7. The van der Waals surface area contributed by atoms with Crippen LogP contribution in [0.2, 0.25) is 0 Å². The van der Waals surface area contributed by atoms with E-state index in [9.17, 15) is 13.6 Å². The van der Waals surface area contributed by atoms with Crippen molar-refractivity contribution in [3.8, 4) is 17.8 Å². The summed E-state index contributed by atoms with van der Waals surface area (Å²) in [4.78, 5) is 23.5. The molecule has 2 aromatic heterocycles. The topological polar surface area (TPSA) is 108 Å². The number of amides is 1. The highest BCUT2D eigenvalue weighted by atomic mass is 19.1. The van der Waals surface area contributed by atoms with Gasteiger partial charge in [-0.05, 0) is 49.1 Å². The first-order valence-electron chi connectivity index (χ1n) is 10.4. The van der Waals surface area contributed by atoms with Crippen LogP contribution in [0.25, 0.3) is 11.3 Å². The van der Waals surface area contributed by atoms with Crippen molar-refractivity contribution >= 4 is 23.0 Å². The number of benzene rings is 1. The lowest BCUT2D eigenvalue weighted by atomic mass is 9.99. The van der Waals surface area contributed by atoms with Gasteiger partial charge in [0.15, 0.2) is 5.69 Å². The molecule has 3 aromatic rings. The van der Waals surface area contributed by atoms with Crippen molar-refractivity contribution in [2.75, 3.05) is 29.0 Å². The summed E-state index contributed by atoms with van der Waals surface area (Å²) in [5, 5.41) is 9.31. The maximum Gasteiger partial charge on any atom is 0.276 e. The molecule has 0 atom stereocenters. The molecule has 1 aliphatic heterocycles. The smallest absolute Gasteiger partial charge is 0.276 e. The summed E-state index contributed by atoms with van der Waals surface area (Å²) in [6, 6.07) is 8.20. The van der Waals surface area contributed by atoms with Crippen LogP contribution in [0.4, 0.5) is 25.8 Å². The summed E-state index contributed by atoms with van der Waals surface area (Å²) in [6.07, 6.45) is 5.39. The number of nitrogens with two attached hydrogens (primary N) is 1. The Morgan fingerprint density at radius 2 is 1.82 bits per heavy atom. The van der Waals surface area contributed by atoms with E-state index >= 15 is 0 Å². The van der Waals surface area contributed by atoms with Crippen molar-refractivity contribution in [2.45, 2.75) is 19.8 Å². The van der Waals surface area contributed by atoms with E-state index < -0.39 is 17.5 Å². The summed E-state index contributed by atoms with van der Waals surface area (Å²) in [6.45, 7) is 7.50. The fourth-order valence-electron chi connectivity index (χ4n) is 3.72. The lowest BCUT2D eigenvalue weighted by Crippen LogP contribution is -2.33. The Bertz CT molecular complexity index is 1140. The minimum absolute atomic E-state index is 0.00798. The largest absolute Gasteiger partial charge is 0.397 e. The summed E-state index contributed by atoms with van der Waals surface area (Å²) in [7, 11) is 0. The zero-order chi connectivity index (χ0) is 24.0. The van der Waals surface area contributed by atoms with Gasteiger partial charge in [0.25, 0.3) is 5.91 Å². The second-order valence-corrected chi connectivity index (χ2v) is 7.75. The van der Waals surface area contributed by atoms with E-state index in [1.807, 2.05) is 6.07 Å². The van der Waals surface area contributed by atoms with Gasteiger partial charge in [-0.3, -0.25) is 9.78 Å². The number of anilines is 3. The molecule has 1 aromatic carbocycles. The van der Waals surface area contributed by atoms with E-state index in [0.29, 0.717) is 11.6 Å². The monoisotopic (exact) mass is 450 g/mol. The molecule has 1 saturated heterocycles. The second kappa shape index (κ2) is 10.5. The van der Waals surface area contributed by atoms with Gasteiger partial charge >= 0.3 is 0 Å². The third kappa shape index (κ3) is 5.23. The Kier molecular flexibility index (Phi) is 7.51. The van der Waals surface area contributed by atoms with Crippen molar-refractivity contribution in [2.24, 2.45) is 5.92 Å². The Hall–Kier alpha value is -4.06. The molecule has 9 heteroatoms. The fraction of sp³-hybridized carbons (Fsp3) is 0.250. The molecule has 0 unspecified atom stereocenters. The Balaban J connectivity index is 0.00000149. The van der Waals surface area contributed by atoms with Gasteiger partial charge in [-0.15, -0.1) is 0 Å². The average molecular weight is 450 g/mol. The van der Waals surface area contributed by atoms with Gasteiger partial charge in [0.1, 0.15) is 11.6 Å². The zero-order valence-electron chi connectivity index (χ0n) is 18.1. The Morgan fingerprint density at radius 3 is 2.48 bits per heavy atom. The molecule has 170 valence electrons. The number of nitrogens with one attached hydrogen (secondary N) is 1. The number of carbonyl (C=O) groups excluding carboxylic acids is 1. The maximum absolute atomic E-state index is 14.2. The van der Waals surface area contributed by atoms with E-state index in [1.54, 1.807) is 12.4 Å². The van der Waals surface area contributed by atoms with Crippen molar-refractivity contribution < 1.29 is 13.6 Å². The van der Waals surface area contributed by atoms with Crippen molar-refractivity contribution in [3.05, 3.63) is 66.1 Å². The van der Waals surface area contributed by atoms with Gasteiger partial charge in [-0.1, -0.05) is 13.0 Å². The van der Waals surface area contributed by atoms with Crippen LogP contribution in [0.3, 0.4) is 0 Å². The summed E-state index contributed by atoms with van der Waals surface area (Å²) >= 11 is 0. The van der Waals surface area contributed by atoms with Crippen molar-refractivity contribution in [3.63, 3.8) is 0 Å². The molecule has 1 amide bonds. The highest BCUT2D eigenvalue weighted by Crippen LogP contribution is 2.30. The second-order valence-electron chi connectivity index (χ2n) is 7.75. The standard InChI is InChI=1S/C23H23F2N5O.CHN/c1-14-8-11-30(12-9-14)20-7-10-27-13-19(20)29-23(31)22-17(26)5-6-18(28-22)21-15(24)3-2-4-16(21)25;1-2/h2-7,10,13-14H,8-9,11-12,26H2,1H3,(H,29,31);1H. The molecule has 33 heavy (non-hydrogen) atoms. The van der Waals surface area contributed by atoms with Gasteiger partial charge in [-0.25, -0.2) is 19.0 Å². The lowest BCUT2D eigenvalue weighted by Gasteiger charge is -2.33. The lowest BCUT2D eigenvalue weighted by molar-refractivity contribution is 0.102. The van der Waals surface area contributed by atoms with Crippen LogP contribution in [0, 0.1) is 29.4 Å². The molecule has 0 bridgehead atoms. The first-order valence-corrected chi connectivity index (χ1v) is 10.4. The van der Waals surface area contributed by atoms with Crippen molar-refractivity contribution in [1.29, 1.82) is 5.26 Å². The molecule has 0 aliphatic carbocycles. The van der Waals surface area contributed by atoms with E-state index in [1.165, 1.54) is 18.2 Å². The van der Waals surface area contributed by atoms with Gasteiger partial charge < -0.3 is 16.0 Å². The number of hydrogen-bond acceptors (Lipinski definition) is 6. The molecule has 0 saturated carbocycles. The predicted octanol–water partition coefficient (Wildman–Crippen LogP) is 4.63. The molecule has 0 spiro atoms. The molecule has 7 nitrogen and oxygen atoms in total. The van der Waals surface area contributed by atoms with Gasteiger partial charge in [0.2, 0.25) is 0 Å². The third-order valence-corrected chi connectivity index (χ3v) is 5.53. The number of carbonyl (C=O) groups is 1. The average Bonchev–Trinajstić information content (AvgIpc) is 2.82. The number of rotatable bonds is 4. The number of aromatic nitrogens is 2. The first-order chi connectivity index (χ1) is 15.9. The van der Waals surface area contributed by atoms with Crippen LogP contribution in [0.1, 0.15) is 30.3 Å². The maximum atomic E-state index is 14.2. The predicted molar refractivity (Wildman–Crippen MR) is 123 cm³/mol. The Morgan fingerprint density at radius 1 is 1.15 bits per heavy atom. The van der Waals surface area contributed by atoms with Crippen LogP contribution in [-0.2, 0) is 0 Å². The van der Waals surface area contributed by atoms with E-state index in [-0.39, 0.29) is 22.6 Å². The first kappa shape index (κ1) is 23.6. The van der Waals surface area contributed by atoms with E-state index in [0.717, 1.165) is 43.8 Å². The molecular weight excluding hydrogens is 426 g/mol. The number of nitriles is 1. The van der Waals surface area contributed by atoms with Crippen LogP contribution in [0.5, 0.6) is 0 Å². The minimum Gasteiger partial charge on any atom is -0.397 e. The molecular formula is C24H24F2N6O. The third-order valence-electron chi connectivity index (χ3n) is 5.53. The van der Waals surface area contributed by atoms with Gasteiger partial charge in [0, 0.05) is 25.9 Å². The van der Waals surface area contributed by atoms with Gasteiger partial charge in [0.05, 0.1) is 34.5 Å². The number of hydrogen-bond donors (Lipinski definition) is 2. The molecule has 0 radical (unpaired) electrons. The molecule has 4 rings (SSSR count). The van der Waals surface area contributed by atoms with Gasteiger partial charge in [-0.2, -0.15) is 0 Å². The Labute approximate surface area is 190 Å². The zero-order valence-corrected chi connectivity index (χ0v) is 18.1. The summed E-state index contributed by atoms with van der Waals surface area (Å²) in [5.41, 5.74) is 7.04. The minimum atomic E-state index is -0.766. The molecule has 1 aliphatic rings. The van der Waals surface area contributed by atoms with Crippen LogP contribution in [0.15, 0.2) is 48.8 Å². The van der Waals surface area contributed by atoms with E-state index in [4.69, 9.17) is 11.0 Å². The van der Waals surface area contributed by atoms with Crippen molar-refractivity contribution in [1.82, 2.24) is 9.97 Å². The fourth-order valence-corrected chi connectivity index (χ4v) is 3.72. The summed E-state index contributed by atoms with van der Waals surface area (Å²) in [5.74, 6) is -1.44. The molecule has 3 heterocycles. The highest BCUT2D eigenvalue weighted by Gasteiger charge is 2.22. The number of halogens is 2. The highest BCUT2D eigenvalue weighted by molar-refractivity contribution is 6.07. The number of nitrogen functional groups attached to an aromatic ring is 1.